The van der Waals surface area contributed by atoms with Crippen LogP contribution in [0.1, 0.15) is 156 Å². The maximum Gasteiger partial charge on any atom is 0.347 e. The summed E-state index contributed by atoms with van der Waals surface area (Å²) < 4.78 is 36.6. The van der Waals surface area contributed by atoms with E-state index in [-0.39, 0.29) is 49.2 Å². The van der Waals surface area contributed by atoms with Crippen LogP contribution in [0.2, 0.25) is 0 Å². The summed E-state index contributed by atoms with van der Waals surface area (Å²) in [5.74, 6) is 4.12. The molecule has 1 fully saturated rings. The van der Waals surface area contributed by atoms with Crippen LogP contribution in [0, 0.1) is 35.0 Å². The zero-order chi connectivity index (χ0) is 55.7. The maximum atomic E-state index is 13.9. The molecular weight excluding hydrogens is 988 g/mol. The van der Waals surface area contributed by atoms with Gasteiger partial charge in [-0.1, -0.05) is 135 Å². The highest BCUT2D eigenvalue weighted by Crippen LogP contribution is 2.64. The van der Waals surface area contributed by atoms with Crippen LogP contribution in [0.4, 0.5) is 5.95 Å². The molecule has 2 N–H and O–H groups in total. The number of nitriles is 1. The van der Waals surface area contributed by atoms with Gasteiger partial charge in [0.05, 0.1) is 46.0 Å². The van der Waals surface area contributed by atoms with Crippen molar-refractivity contribution in [3.05, 3.63) is 112 Å². The number of hydrogen-bond acceptors (Lipinski definition) is 12. The van der Waals surface area contributed by atoms with Gasteiger partial charge in [0.1, 0.15) is 41.7 Å². The molecule has 3 aromatic carbocycles. The monoisotopic (exact) mass is 1080 g/mol. The van der Waals surface area contributed by atoms with Crippen LogP contribution in [-0.2, 0) is 19.6 Å². The molecule has 1 aliphatic rings. The van der Waals surface area contributed by atoms with Crippen LogP contribution in [-0.4, -0.2) is 105 Å². The predicted molar refractivity (Wildman–Crippen MR) is 311 cm³/mol. The number of rotatable bonds is 32. The van der Waals surface area contributed by atoms with Gasteiger partial charge in [0.25, 0.3) is 5.56 Å². The first kappa shape index (κ1) is 61.0. The fraction of sp³-hybridized carbons (Fsp3) is 0.590. The summed E-state index contributed by atoms with van der Waals surface area (Å²) >= 11 is 0. The molecule has 0 saturated carbocycles. The van der Waals surface area contributed by atoms with Crippen molar-refractivity contribution in [1.82, 2.24) is 29.1 Å². The number of H-pyrrole nitrogens is 1. The lowest BCUT2D eigenvalue weighted by molar-refractivity contribution is -0.0915. The molecule has 0 amide bonds. The van der Waals surface area contributed by atoms with Gasteiger partial charge in [0.15, 0.2) is 11.2 Å². The van der Waals surface area contributed by atoms with Crippen molar-refractivity contribution in [3.63, 3.8) is 0 Å². The molecule has 0 radical (unpaired) electrons. The van der Waals surface area contributed by atoms with E-state index in [1.54, 1.807) is 25.1 Å². The van der Waals surface area contributed by atoms with Crippen LogP contribution < -0.4 is 15.0 Å². The Bertz CT molecular complexity index is 2590. The van der Waals surface area contributed by atoms with Gasteiger partial charge in [0.2, 0.25) is 5.95 Å². The average Bonchev–Trinajstić information content (AvgIpc) is 4.02. The zero-order valence-electron chi connectivity index (χ0n) is 48.2. The Balaban J connectivity index is 1.38. The summed E-state index contributed by atoms with van der Waals surface area (Å²) in [4.78, 5) is 46.3. The molecular formula is C61H90N8O7P+. The number of nitrogens with zero attached hydrogens (tertiary/aromatic N) is 7. The molecule has 1 aliphatic heterocycles. The minimum absolute atomic E-state index is 0.00552. The third-order valence-electron chi connectivity index (χ3n) is 14.9. The maximum absolute atomic E-state index is 13.9. The number of fused-ring (bicyclic) bond motifs is 1. The van der Waals surface area contributed by atoms with Gasteiger partial charge >= 0.3 is 7.87 Å². The lowest BCUT2D eigenvalue weighted by Gasteiger charge is -2.38. The van der Waals surface area contributed by atoms with Gasteiger partial charge in [-0.05, 0) is 105 Å². The van der Waals surface area contributed by atoms with Crippen molar-refractivity contribution < 1.29 is 28.4 Å². The molecule has 6 rings (SSSR count). The summed E-state index contributed by atoms with van der Waals surface area (Å²) in [6.07, 6.45) is 11.0. The van der Waals surface area contributed by atoms with E-state index < -0.39 is 37.5 Å². The van der Waals surface area contributed by atoms with Crippen molar-refractivity contribution in [2.75, 3.05) is 40.1 Å². The van der Waals surface area contributed by atoms with E-state index in [1.807, 2.05) is 118 Å². The Morgan fingerprint density at radius 3 is 1.87 bits per heavy atom. The fourth-order valence-electron chi connectivity index (χ4n) is 10.7. The fourth-order valence-corrected chi connectivity index (χ4v) is 13.7. The Hall–Kier alpha value is -5.20. The minimum atomic E-state index is -3.45. The van der Waals surface area contributed by atoms with Crippen LogP contribution in [0.3, 0.4) is 0 Å². The molecule has 0 spiro atoms. The number of aromatic amines is 1. The number of ether oxygens (including phenoxy) is 4. The van der Waals surface area contributed by atoms with Gasteiger partial charge in [-0.25, -0.2) is 14.9 Å². The molecule has 1 saturated heterocycles. The Morgan fingerprint density at radius 1 is 0.818 bits per heavy atom. The third kappa shape index (κ3) is 16.4. The van der Waals surface area contributed by atoms with E-state index >= 15 is 0 Å². The van der Waals surface area contributed by atoms with Crippen LogP contribution in [0.5, 0.6) is 11.5 Å². The molecule has 0 aliphatic carbocycles. The topological polar surface area (TPSA) is 173 Å². The summed E-state index contributed by atoms with van der Waals surface area (Å²) in [5, 5.41) is 9.90. The summed E-state index contributed by atoms with van der Waals surface area (Å²) in [5.41, 5.74) is 1.41. The summed E-state index contributed by atoms with van der Waals surface area (Å²) in [6, 6.07) is 27.8. The first-order valence-corrected chi connectivity index (χ1v) is 30.0. The lowest BCUT2D eigenvalue weighted by atomic mass is 9.80. The van der Waals surface area contributed by atoms with Crippen molar-refractivity contribution in [3.8, 4) is 17.6 Å². The number of aliphatic imine (C=N–C) groups is 1. The van der Waals surface area contributed by atoms with Crippen molar-refractivity contribution >= 4 is 31.3 Å². The second-order valence-electron chi connectivity index (χ2n) is 22.6. The van der Waals surface area contributed by atoms with E-state index in [4.69, 9.17) is 33.4 Å². The Morgan fingerprint density at radius 2 is 1.36 bits per heavy atom. The predicted octanol–water partition coefficient (Wildman–Crippen LogP) is 13.3. The molecule has 3 heterocycles. The van der Waals surface area contributed by atoms with Crippen LogP contribution in [0.15, 0.2) is 95.0 Å². The van der Waals surface area contributed by atoms with E-state index in [1.165, 1.54) is 38.5 Å². The molecule has 2 aromatic heterocycles. The normalized spacial score (nSPS) is 17.8. The molecule has 16 heteroatoms. The number of imidazole rings is 1. The first-order valence-electron chi connectivity index (χ1n) is 28.2. The number of nitrogens with one attached hydrogen (secondary N) is 1. The number of benzene rings is 3. The van der Waals surface area contributed by atoms with Crippen molar-refractivity contribution in [1.29, 1.82) is 5.26 Å². The van der Waals surface area contributed by atoms with Gasteiger partial charge in [-0.3, -0.25) is 14.3 Å². The summed E-state index contributed by atoms with van der Waals surface area (Å²) in [6.45, 7) is 23.6. The standard InChI is InChI=1S/C61H89N8O7P/c1-43(2)19-16-21-47(9)33-36-67(37-34-48(10)22-17-20-44(3)4)41-64-60-65-58-57(59(70)66-60)63-42-68(58)56-39-54(76-77(71,38-18-35-62)69(45(5)6)46(7)8)55(75-56)40-74-61(49-23-14-13-15-24-49,50-25-29-52(72-11)30-26-50)51-27-31-53(73-12)32-28-51/h13-15,23-32,41-48,54-56,71H,16-22,33-34,36-40H2,1-12H3/p+1/t47?,48?,54-,55+,56+,77?/m0/s1. The van der Waals surface area contributed by atoms with Gasteiger partial charge in [-0.2, -0.15) is 14.8 Å². The van der Waals surface area contributed by atoms with Crippen molar-refractivity contribution in [2.45, 2.75) is 170 Å². The SMILES string of the molecule is COc1ccc(C(OC[C@H]2O[C@@H](n3cnc4c(=O)[nH]c(N=CN(CCC(C)CCCC(C)C)CCC(C)CCCC(C)C)nc43)C[C@@H]2O[P+](O)(CCC#N)N(C(C)C)C(C)C)(c2ccccc2)c2ccc(OC)cc2)cc1. The number of methoxy groups -OCH3 is 2. The van der Waals surface area contributed by atoms with E-state index in [0.717, 1.165) is 42.6 Å². The van der Waals surface area contributed by atoms with E-state index in [0.29, 0.717) is 40.8 Å². The largest absolute Gasteiger partial charge is 0.497 e. The first-order chi connectivity index (χ1) is 36.9. The van der Waals surface area contributed by atoms with Crippen LogP contribution >= 0.6 is 7.87 Å². The minimum Gasteiger partial charge on any atom is -0.497 e. The highest BCUT2D eigenvalue weighted by Gasteiger charge is 2.54. The molecule has 420 valence electrons. The number of hydrogen-bond donors (Lipinski definition) is 2. The quantitative estimate of drug-likeness (QED) is 0.0181. The van der Waals surface area contributed by atoms with Crippen molar-refractivity contribution in [2.24, 2.45) is 28.7 Å². The molecule has 6 atom stereocenters. The molecule has 3 unspecified atom stereocenters. The third-order valence-corrected chi connectivity index (χ3v) is 18.0. The second kappa shape index (κ2) is 29.1. The number of aromatic nitrogens is 4. The average molecular weight is 1080 g/mol. The molecule has 77 heavy (non-hydrogen) atoms. The highest BCUT2D eigenvalue weighted by atomic mass is 31.2. The van der Waals surface area contributed by atoms with Gasteiger partial charge in [0, 0.05) is 31.6 Å². The Kier molecular flexibility index (Phi) is 23.1. The highest BCUT2D eigenvalue weighted by molar-refractivity contribution is 7.63. The zero-order valence-corrected chi connectivity index (χ0v) is 49.1. The molecule has 0 bridgehead atoms. The summed E-state index contributed by atoms with van der Waals surface area (Å²) in [7, 11) is -0.173. The van der Waals surface area contributed by atoms with Gasteiger partial charge < -0.3 is 23.8 Å². The smallest absolute Gasteiger partial charge is 0.347 e. The molecule has 5 aromatic rings. The van der Waals surface area contributed by atoms with Crippen LogP contribution in [0.25, 0.3) is 11.2 Å². The van der Waals surface area contributed by atoms with Gasteiger partial charge in [-0.15, -0.1) is 4.67 Å². The molecule has 15 nitrogen and oxygen atoms in total. The van der Waals surface area contributed by atoms with E-state index in [9.17, 15) is 14.9 Å². The van der Waals surface area contributed by atoms with E-state index in [2.05, 4.69) is 62.5 Å². The second-order valence-corrected chi connectivity index (χ2v) is 25.1. The lowest BCUT2D eigenvalue weighted by Crippen LogP contribution is -2.42. The Labute approximate surface area is 460 Å².